The fourth-order valence-corrected chi connectivity index (χ4v) is 6.27. The summed E-state index contributed by atoms with van der Waals surface area (Å²) in [5.74, 6) is 6.73. The lowest BCUT2D eigenvalue weighted by Crippen LogP contribution is -2.21. The maximum Gasteiger partial charge on any atom is -0.0140 e. The molecule has 0 aromatic carbocycles. The van der Waals surface area contributed by atoms with Crippen molar-refractivity contribution in [1.29, 1.82) is 0 Å². The molecule has 126 valence electrons. The van der Waals surface area contributed by atoms with Crippen molar-refractivity contribution in [3.05, 3.63) is 36.5 Å². The molecule has 6 unspecified atom stereocenters. The summed E-state index contributed by atoms with van der Waals surface area (Å²) in [5, 5.41) is 0. The van der Waals surface area contributed by atoms with E-state index in [1.807, 2.05) is 0 Å². The zero-order chi connectivity index (χ0) is 15.8. The molecule has 5 aliphatic carbocycles. The van der Waals surface area contributed by atoms with Crippen molar-refractivity contribution >= 4 is 0 Å². The second-order valence-electron chi connectivity index (χ2n) is 9.08. The molecule has 0 radical (unpaired) electrons. The van der Waals surface area contributed by atoms with Crippen molar-refractivity contribution in [3.63, 3.8) is 0 Å². The molecule has 0 spiro atoms. The summed E-state index contributed by atoms with van der Waals surface area (Å²) in [7, 11) is 0. The van der Waals surface area contributed by atoms with Crippen LogP contribution in [0.5, 0.6) is 0 Å². The molecule has 5 rings (SSSR count). The SMILES string of the molecule is C1=CC2CC1CC2C1CCCCC1.C=C(C)C1CC2C=CC1C2. The van der Waals surface area contributed by atoms with Crippen LogP contribution < -0.4 is 0 Å². The molecule has 0 heteroatoms. The van der Waals surface area contributed by atoms with Crippen LogP contribution in [0.1, 0.15) is 64.7 Å². The zero-order valence-corrected chi connectivity index (χ0v) is 14.9. The summed E-state index contributed by atoms with van der Waals surface area (Å²) >= 11 is 0. The molecule has 0 saturated heterocycles. The number of rotatable bonds is 2. The molecule has 3 fully saturated rings. The first-order valence-corrected chi connectivity index (χ1v) is 10.2. The van der Waals surface area contributed by atoms with E-state index >= 15 is 0 Å². The van der Waals surface area contributed by atoms with Crippen LogP contribution in [0.15, 0.2) is 36.5 Å². The zero-order valence-electron chi connectivity index (χ0n) is 14.9. The first-order valence-electron chi connectivity index (χ1n) is 10.2. The van der Waals surface area contributed by atoms with E-state index in [0.29, 0.717) is 0 Å². The molecule has 0 aromatic rings. The van der Waals surface area contributed by atoms with Crippen molar-refractivity contribution in [2.45, 2.75) is 64.7 Å². The molecule has 0 aliphatic heterocycles. The van der Waals surface area contributed by atoms with E-state index in [-0.39, 0.29) is 0 Å². The molecule has 0 heterocycles. The third-order valence-corrected chi connectivity index (χ3v) is 7.50. The topological polar surface area (TPSA) is 0 Å². The second kappa shape index (κ2) is 6.61. The van der Waals surface area contributed by atoms with E-state index < -0.39 is 0 Å². The first kappa shape index (κ1) is 15.7. The van der Waals surface area contributed by atoms with Gasteiger partial charge >= 0.3 is 0 Å². The second-order valence-corrected chi connectivity index (χ2v) is 9.08. The van der Waals surface area contributed by atoms with E-state index in [1.54, 1.807) is 12.8 Å². The molecular weight excluding hydrogens is 276 g/mol. The van der Waals surface area contributed by atoms with Crippen molar-refractivity contribution in [3.8, 4) is 0 Å². The lowest BCUT2D eigenvalue weighted by molar-refractivity contribution is 0.219. The van der Waals surface area contributed by atoms with Crippen molar-refractivity contribution in [2.75, 3.05) is 0 Å². The molecule has 23 heavy (non-hydrogen) atoms. The molecule has 0 aromatic heterocycles. The third-order valence-electron chi connectivity index (χ3n) is 7.50. The van der Waals surface area contributed by atoms with Gasteiger partial charge in [-0.2, -0.15) is 0 Å². The van der Waals surface area contributed by atoms with Gasteiger partial charge in [0, 0.05) is 0 Å². The van der Waals surface area contributed by atoms with Crippen LogP contribution in [0.2, 0.25) is 0 Å². The summed E-state index contributed by atoms with van der Waals surface area (Å²) in [6.45, 7) is 6.19. The Labute approximate surface area is 143 Å². The summed E-state index contributed by atoms with van der Waals surface area (Å²) in [6, 6.07) is 0. The standard InChI is InChI=1S/C13H20.C10H14/c1-2-4-11(5-3-1)13-9-10-6-7-12(13)8-10;1-7(2)10-6-8-3-4-9(10)5-8/h6-7,10-13H,1-5,8-9H2;3-4,8-10H,1,5-6H2,2H3. The molecule has 0 amide bonds. The number of hydrogen-bond acceptors (Lipinski definition) is 0. The summed E-state index contributed by atoms with van der Waals surface area (Å²) in [6.07, 6.45) is 23.2. The van der Waals surface area contributed by atoms with Crippen LogP contribution in [-0.2, 0) is 0 Å². The van der Waals surface area contributed by atoms with Gasteiger partial charge < -0.3 is 0 Å². The van der Waals surface area contributed by atoms with Crippen LogP contribution >= 0.6 is 0 Å². The Morgan fingerprint density at radius 3 is 1.87 bits per heavy atom. The van der Waals surface area contributed by atoms with E-state index in [4.69, 9.17) is 0 Å². The molecular formula is C23H34. The van der Waals surface area contributed by atoms with E-state index in [2.05, 4.69) is 37.8 Å². The maximum atomic E-state index is 4.02. The molecule has 6 atom stereocenters. The lowest BCUT2D eigenvalue weighted by atomic mass is 9.74. The maximum absolute atomic E-state index is 4.02. The molecule has 3 saturated carbocycles. The normalized spacial score (nSPS) is 43.7. The number of allylic oxidation sites excluding steroid dienone is 5. The van der Waals surface area contributed by atoms with Gasteiger partial charge in [0.15, 0.2) is 0 Å². The minimum atomic E-state index is 0.815. The number of hydrogen-bond donors (Lipinski definition) is 0. The van der Waals surface area contributed by atoms with Crippen molar-refractivity contribution in [1.82, 2.24) is 0 Å². The minimum absolute atomic E-state index is 0.815. The summed E-state index contributed by atoms with van der Waals surface area (Å²) in [5.41, 5.74) is 1.39. The van der Waals surface area contributed by atoms with Gasteiger partial charge in [-0.25, -0.2) is 0 Å². The van der Waals surface area contributed by atoms with Gasteiger partial charge in [0.05, 0.1) is 0 Å². The minimum Gasteiger partial charge on any atom is -0.0998 e. The predicted molar refractivity (Wildman–Crippen MR) is 99.1 cm³/mol. The fraction of sp³-hybridized carbons (Fsp3) is 0.739. The summed E-state index contributed by atoms with van der Waals surface area (Å²) < 4.78 is 0. The lowest BCUT2D eigenvalue weighted by Gasteiger charge is -2.31. The van der Waals surface area contributed by atoms with E-state index in [9.17, 15) is 0 Å². The van der Waals surface area contributed by atoms with Crippen LogP contribution in [0.4, 0.5) is 0 Å². The monoisotopic (exact) mass is 310 g/mol. The highest BCUT2D eigenvalue weighted by Crippen LogP contribution is 2.50. The van der Waals surface area contributed by atoms with E-state index in [0.717, 1.165) is 41.4 Å². The molecule has 4 bridgehead atoms. The van der Waals surface area contributed by atoms with Gasteiger partial charge in [-0.05, 0) is 74.0 Å². The van der Waals surface area contributed by atoms with Gasteiger partial charge in [0.25, 0.3) is 0 Å². The van der Waals surface area contributed by atoms with Gasteiger partial charge in [0.2, 0.25) is 0 Å². The first-order chi connectivity index (χ1) is 11.2. The highest BCUT2D eigenvalue weighted by molar-refractivity contribution is 5.17. The Morgan fingerprint density at radius 2 is 1.43 bits per heavy atom. The Balaban J connectivity index is 0.000000122. The highest BCUT2D eigenvalue weighted by atomic mass is 14.4. The van der Waals surface area contributed by atoms with Gasteiger partial charge in [-0.15, -0.1) is 0 Å². The quantitative estimate of drug-likeness (QED) is 0.507. The average molecular weight is 311 g/mol. The van der Waals surface area contributed by atoms with Crippen LogP contribution in [0, 0.1) is 41.4 Å². The van der Waals surface area contributed by atoms with Crippen LogP contribution in [0.3, 0.4) is 0 Å². The predicted octanol–water partition coefficient (Wildman–Crippen LogP) is 6.55. The van der Waals surface area contributed by atoms with Gasteiger partial charge in [-0.1, -0.05) is 68.6 Å². The van der Waals surface area contributed by atoms with Gasteiger partial charge in [-0.3, -0.25) is 0 Å². The molecule has 5 aliphatic rings. The average Bonchev–Trinajstić information content (AvgIpc) is 3.36. The Morgan fingerprint density at radius 1 is 0.783 bits per heavy atom. The molecule has 0 N–H and O–H groups in total. The smallest absolute Gasteiger partial charge is 0.0140 e. The van der Waals surface area contributed by atoms with Crippen LogP contribution in [0.25, 0.3) is 0 Å². The Hall–Kier alpha value is -0.780. The summed E-state index contributed by atoms with van der Waals surface area (Å²) in [4.78, 5) is 0. The Bertz CT molecular complexity index is 490. The largest absolute Gasteiger partial charge is 0.0998 e. The highest BCUT2D eigenvalue weighted by Gasteiger charge is 2.39. The number of fused-ring (bicyclic) bond motifs is 4. The molecule has 0 nitrogen and oxygen atoms in total. The van der Waals surface area contributed by atoms with Gasteiger partial charge in [0.1, 0.15) is 0 Å². The van der Waals surface area contributed by atoms with Crippen LogP contribution in [-0.4, -0.2) is 0 Å². The Kier molecular flexibility index (Phi) is 4.52. The van der Waals surface area contributed by atoms with Crippen molar-refractivity contribution in [2.24, 2.45) is 41.4 Å². The van der Waals surface area contributed by atoms with Crippen molar-refractivity contribution < 1.29 is 0 Å². The fourth-order valence-electron chi connectivity index (χ4n) is 6.27. The van der Waals surface area contributed by atoms with E-state index in [1.165, 1.54) is 50.5 Å². The third kappa shape index (κ3) is 3.24.